The lowest BCUT2D eigenvalue weighted by Crippen LogP contribution is -2.14. The SMILES string of the molecule is CC1(C)c2ccccc2-c2c1ccc1c2c2ccccc2n1-c1nc(-c2ccccc2)nc(-c2cccc3c2oc2ccccc23)n1. The zero-order chi connectivity index (χ0) is 31.3. The smallest absolute Gasteiger partial charge is 0.238 e. The van der Waals surface area contributed by atoms with Crippen LogP contribution in [0.1, 0.15) is 25.0 Å². The molecule has 0 saturated heterocycles. The molecule has 0 saturated carbocycles. The Labute approximate surface area is 270 Å². The summed E-state index contributed by atoms with van der Waals surface area (Å²) in [6.07, 6.45) is 0. The van der Waals surface area contributed by atoms with Crippen LogP contribution in [0.2, 0.25) is 0 Å². The van der Waals surface area contributed by atoms with E-state index in [0.29, 0.717) is 17.6 Å². The number of nitrogens with zero attached hydrogens (tertiary/aromatic N) is 4. The first-order valence-electron chi connectivity index (χ1n) is 16.0. The van der Waals surface area contributed by atoms with Gasteiger partial charge in [-0.3, -0.25) is 4.57 Å². The fraction of sp³-hybridized carbons (Fsp3) is 0.0714. The van der Waals surface area contributed by atoms with Gasteiger partial charge in [-0.1, -0.05) is 123 Å². The van der Waals surface area contributed by atoms with Gasteiger partial charge in [-0.2, -0.15) is 9.97 Å². The number of para-hydroxylation sites is 3. The molecule has 0 spiro atoms. The molecular formula is C42H28N4O. The van der Waals surface area contributed by atoms with E-state index < -0.39 is 0 Å². The van der Waals surface area contributed by atoms with Crippen molar-refractivity contribution in [1.29, 1.82) is 0 Å². The average Bonchev–Trinajstić information content (AvgIpc) is 3.74. The maximum absolute atomic E-state index is 6.45. The Kier molecular flexibility index (Phi) is 5.28. The molecule has 10 rings (SSSR count). The zero-order valence-electron chi connectivity index (χ0n) is 25.9. The molecule has 0 fully saturated rings. The average molecular weight is 605 g/mol. The summed E-state index contributed by atoms with van der Waals surface area (Å²) in [5, 5.41) is 4.50. The van der Waals surface area contributed by atoms with E-state index in [1.54, 1.807) is 0 Å². The Balaban J connectivity index is 1.31. The first-order chi connectivity index (χ1) is 23.1. The third kappa shape index (κ3) is 3.62. The summed E-state index contributed by atoms with van der Waals surface area (Å²) >= 11 is 0. The minimum absolute atomic E-state index is 0.102. The van der Waals surface area contributed by atoms with Crippen LogP contribution in [0.15, 0.2) is 138 Å². The molecule has 1 aliphatic carbocycles. The van der Waals surface area contributed by atoms with Crippen molar-refractivity contribution in [3.05, 3.63) is 145 Å². The molecule has 3 aromatic heterocycles. The summed E-state index contributed by atoms with van der Waals surface area (Å²) in [6, 6.07) is 46.4. The van der Waals surface area contributed by atoms with Gasteiger partial charge in [-0.25, -0.2) is 4.98 Å². The van der Waals surface area contributed by atoms with Crippen molar-refractivity contribution in [2.45, 2.75) is 19.3 Å². The summed E-state index contributed by atoms with van der Waals surface area (Å²) in [5.41, 5.74) is 10.7. The molecule has 9 aromatic rings. The maximum atomic E-state index is 6.45. The molecule has 1 aliphatic rings. The van der Waals surface area contributed by atoms with Crippen LogP contribution in [0.4, 0.5) is 0 Å². The van der Waals surface area contributed by atoms with Crippen molar-refractivity contribution in [1.82, 2.24) is 19.5 Å². The predicted molar refractivity (Wildman–Crippen MR) is 190 cm³/mol. The fourth-order valence-electron chi connectivity index (χ4n) is 7.69. The number of aromatic nitrogens is 4. The fourth-order valence-corrected chi connectivity index (χ4v) is 7.69. The summed E-state index contributed by atoms with van der Waals surface area (Å²) in [6.45, 7) is 4.65. The van der Waals surface area contributed by atoms with E-state index >= 15 is 0 Å². The Hall–Kier alpha value is -6.07. The van der Waals surface area contributed by atoms with Gasteiger partial charge in [0.25, 0.3) is 0 Å². The third-order valence-corrected chi connectivity index (χ3v) is 9.88. The van der Waals surface area contributed by atoms with Crippen molar-refractivity contribution < 1.29 is 4.42 Å². The number of hydrogen-bond acceptors (Lipinski definition) is 4. The van der Waals surface area contributed by atoms with Crippen molar-refractivity contribution >= 4 is 43.7 Å². The molecule has 0 amide bonds. The molecule has 0 bridgehead atoms. The molecule has 6 aromatic carbocycles. The van der Waals surface area contributed by atoms with Crippen LogP contribution in [0.25, 0.3) is 83.6 Å². The van der Waals surface area contributed by atoms with Crippen molar-refractivity contribution in [2.75, 3.05) is 0 Å². The van der Waals surface area contributed by atoms with Crippen LogP contribution in [-0.2, 0) is 5.41 Å². The predicted octanol–water partition coefficient (Wildman–Crippen LogP) is 10.5. The normalized spacial score (nSPS) is 13.5. The first-order valence-corrected chi connectivity index (χ1v) is 16.0. The molecule has 5 nitrogen and oxygen atoms in total. The molecular weight excluding hydrogens is 576 g/mol. The van der Waals surface area contributed by atoms with Crippen molar-refractivity contribution in [3.63, 3.8) is 0 Å². The van der Waals surface area contributed by atoms with Gasteiger partial charge in [0.1, 0.15) is 11.2 Å². The van der Waals surface area contributed by atoms with E-state index in [4.69, 9.17) is 19.4 Å². The van der Waals surface area contributed by atoms with Gasteiger partial charge in [0, 0.05) is 32.5 Å². The van der Waals surface area contributed by atoms with Crippen LogP contribution in [0, 0.1) is 0 Å². The molecule has 0 radical (unpaired) electrons. The quantitative estimate of drug-likeness (QED) is 0.201. The number of rotatable bonds is 3. The summed E-state index contributed by atoms with van der Waals surface area (Å²) in [7, 11) is 0. The molecule has 5 heteroatoms. The Bertz CT molecular complexity index is 2720. The lowest BCUT2D eigenvalue weighted by molar-refractivity contribution is 0.661. The number of fused-ring (bicyclic) bond motifs is 10. The second-order valence-electron chi connectivity index (χ2n) is 12.8. The molecule has 222 valence electrons. The highest BCUT2D eigenvalue weighted by Crippen LogP contribution is 2.53. The van der Waals surface area contributed by atoms with Gasteiger partial charge >= 0.3 is 0 Å². The monoisotopic (exact) mass is 604 g/mol. The molecule has 0 atom stereocenters. The molecule has 0 aliphatic heterocycles. The van der Waals surface area contributed by atoms with Crippen molar-refractivity contribution in [2.24, 2.45) is 0 Å². The summed E-state index contributed by atoms with van der Waals surface area (Å²) in [5.74, 6) is 1.74. The Morgan fingerprint density at radius 1 is 0.532 bits per heavy atom. The van der Waals surface area contributed by atoms with E-state index in [-0.39, 0.29) is 5.41 Å². The van der Waals surface area contributed by atoms with Gasteiger partial charge in [0.2, 0.25) is 5.95 Å². The van der Waals surface area contributed by atoms with Gasteiger partial charge in [-0.05, 0) is 46.5 Å². The Morgan fingerprint density at radius 2 is 1.23 bits per heavy atom. The highest BCUT2D eigenvalue weighted by molar-refractivity contribution is 6.17. The minimum atomic E-state index is -0.102. The van der Waals surface area contributed by atoms with Crippen LogP contribution in [0.5, 0.6) is 0 Å². The van der Waals surface area contributed by atoms with E-state index in [9.17, 15) is 0 Å². The lowest BCUT2D eigenvalue weighted by Gasteiger charge is -2.21. The minimum Gasteiger partial charge on any atom is -0.455 e. The van der Waals surface area contributed by atoms with Gasteiger partial charge in [-0.15, -0.1) is 0 Å². The first kappa shape index (κ1) is 26.2. The van der Waals surface area contributed by atoms with E-state index in [2.05, 4.69) is 91.2 Å². The van der Waals surface area contributed by atoms with Crippen LogP contribution >= 0.6 is 0 Å². The topological polar surface area (TPSA) is 56.7 Å². The number of furan rings is 1. The van der Waals surface area contributed by atoms with Crippen LogP contribution in [-0.4, -0.2) is 19.5 Å². The summed E-state index contributed by atoms with van der Waals surface area (Å²) < 4.78 is 8.65. The third-order valence-electron chi connectivity index (χ3n) is 9.88. The highest BCUT2D eigenvalue weighted by atomic mass is 16.3. The Morgan fingerprint density at radius 3 is 2.13 bits per heavy atom. The molecule has 3 heterocycles. The largest absolute Gasteiger partial charge is 0.455 e. The standard InChI is InChI=1S/C42H28N4O/c1-42(2)31-20-9-6-16-28(31)36-32(42)23-24-34-37(36)29-17-7-10-21-33(29)46(34)41-44-39(25-13-4-3-5-14-25)43-40(45-41)30-19-12-18-27-26-15-8-11-22-35(26)47-38(27)30/h3-24H,1-2H3. The molecule has 0 unspecified atom stereocenters. The highest BCUT2D eigenvalue weighted by Gasteiger charge is 2.37. The van der Waals surface area contributed by atoms with Gasteiger partial charge < -0.3 is 4.42 Å². The van der Waals surface area contributed by atoms with Crippen LogP contribution < -0.4 is 0 Å². The van der Waals surface area contributed by atoms with Crippen LogP contribution in [0.3, 0.4) is 0 Å². The molecule has 47 heavy (non-hydrogen) atoms. The zero-order valence-corrected chi connectivity index (χ0v) is 25.9. The lowest BCUT2D eigenvalue weighted by atomic mass is 9.82. The second kappa shape index (κ2) is 9.47. The van der Waals surface area contributed by atoms with Gasteiger partial charge in [0.05, 0.1) is 16.6 Å². The summed E-state index contributed by atoms with van der Waals surface area (Å²) in [4.78, 5) is 15.5. The number of benzene rings is 6. The molecule has 0 N–H and O–H groups in total. The van der Waals surface area contributed by atoms with E-state index in [0.717, 1.165) is 44.1 Å². The van der Waals surface area contributed by atoms with E-state index in [1.807, 2.05) is 60.7 Å². The van der Waals surface area contributed by atoms with E-state index in [1.165, 1.54) is 33.0 Å². The van der Waals surface area contributed by atoms with Gasteiger partial charge in [0.15, 0.2) is 11.6 Å². The second-order valence-corrected chi connectivity index (χ2v) is 12.8. The maximum Gasteiger partial charge on any atom is 0.238 e. The van der Waals surface area contributed by atoms with Crippen molar-refractivity contribution in [3.8, 4) is 39.9 Å². The number of hydrogen-bond donors (Lipinski definition) is 0.